The maximum absolute atomic E-state index is 13.7. The maximum Gasteiger partial charge on any atom is 0.137 e. The van der Waals surface area contributed by atoms with Crippen LogP contribution in [0, 0.1) is 11.6 Å². The first-order valence-electron chi connectivity index (χ1n) is 6.53. The Balaban J connectivity index is 2.27. The van der Waals surface area contributed by atoms with E-state index in [4.69, 9.17) is 0 Å². The highest BCUT2D eigenvalue weighted by Gasteiger charge is 2.15. The van der Waals surface area contributed by atoms with E-state index in [2.05, 4.69) is 21.2 Å². The molecule has 2 rings (SSSR count). The molecule has 1 unspecified atom stereocenters. The quantitative estimate of drug-likeness (QED) is 0.837. The van der Waals surface area contributed by atoms with Crippen LogP contribution in [0.15, 0.2) is 46.9 Å². The van der Waals surface area contributed by atoms with E-state index in [1.165, 1.54) is 12.1 Å². The molecule has 0 fully saturated rings. The molecule has 0 aliphatic carbocycles. The minimum atomic E-state index is -0.307. The van der Waals surface area contributed by atoms with Crippen LogP contribution < -0.4 is 5.32 Å². The van der Waals surface area contributed by atoms with Crippen molar-refractivity contribution in [2.24, 2.45) is 0 Å². The van der Waals surface area contributed by atoms with Gasteiger partial charge in [-0.25, -0.2) is 8.78 Å². The van der Waals surface area contributed by atoms with Crippen molar-refractivity contribution >= 4 is 15.9 Å². The van der Waals surface area contributed by atoms with Crippen LogP contribution in [0.5, 0.6) is 0 Å². The fourth-order valence-electron chi connectivity index (χ4n) is 2.17. The number of hydrogen-bond acceptors (Lipinski definition) is 1. The summed E-state index contributed by atoms with van der Waals surface area (Å²) in [6.07, 6.45) is 0.488. The Hall–Kier alpha value is -1.26. The molecule has 1 nitrogen and oxygen atoms in total. The van der Waals surface area contributed by atoms with E-state index in [0.717, 1.165) is 12.1 Å². The summed E-state index contributed by atoms with van der Waals surface area (Å²) in [6.45, 7) is 2.71. The van der Waals surface area contributed by atoms with Gasteiger partial charge in [0.25, 0.3) is 0 Å². The second kappa shape index (κ2) is 6.95. The van der Waals surface area contributed by atoms with Gasteiger partial charge in [0.05, 0.1) is 4.47 Å². The molecular weight excluding hydrogens is 324 g/mol. The Labute approximate surface area is 126 Å². The van der Waals surface area contributed by atoms with Crippen molar-refractivity contribution in [3.05, 3.63) is 69.7 Å². The van der Waals surface area contributed by atoms with Crippen molar-refractivity contribution in [2.75, 3.05) is 6.54 Å². The summed E-state index contributed by atoms with van der Waals surface area (Å²) in [4.78, 5) is 0. The number of nitrogens with one attached hydrogen (secondary N) is 1. The van der Waals surface area contributed by atoms with Gasteiger partial charge in [-0.2, -0.15) is 0 Å². The number of rotatable bonds is 5. The summed E-state index contributed by atoms with van der Waals surface area (Å²) in [5.41, 5.74) is 1.44. The van der Waals surface area contributed by atoms with Crippen LogP contribution >= 0.6 is 15.9 Å². The molecule has 4 heteroatoms. The van der Waals surface area contributed by atoms with Gasteiger partial charge in [0.15, 0.2) is 0 Å². The molecule has 0 heterocycles. The van der Waals surface area contributed by atoms with E-state index >= 15 is 0 Å². The predicted octanol–water partition coefficient (Wildman–Crippen LogP) is 4.62. The monoisotopic (exact) mass is 339 g/mol. The average molecular weight is 340 g/mol. The first kappa shape index (κ1) is 15.1. The van der Waals surface area contributed by atoms with E-state index in [0.29, 0.717) is 16.5 Å². The van der Waals surface area contributed by atoms with Crippen LogP contribution in [-0.4, -0.2) is 6.54 Å². The van der Waals surface area contributed by atoms with Crippen LogP contribution in [0.3, 0.4) is 0 Å². The van der Waals surface area contributed by atoms with Crippen LogP contribution in [0.25, 0.3) is 0 Å². The van der Waals surface area contributed by atoms with Gasteiger partial charge in [0, 0.05) is 6.04 Å². The second-order valence-electron chi connectivity index (χ2n) is 4.58. The van der Waals surface area contributed by atoms with E-state index in [9.17, 15) is 8.78 Å². The lowest BCUT2D eigenvalue weighted by Gasteiger charge is -2.19. The maximum atomic E-state index is 13.7. The Morgan fingerprint density at radius 3 is 2.50 bits per heavy atom. The lowest BCUT2D eigenvalue weighted by Crippen LogP contribution is -2.23. The van der Waals surface area contributed by atoms with Crippen molar-refractivity contribution in [3.63, 3.8) is 0 Å². The Bertz CT molecular complexity index is 586. The standard InChI is InChI=1S/C16H16BrF2N/c1-2-20-16(10-11-5-3-4-6-14(11)18)12-7-8-13(17)15(19)9-12/h3-9,16,20H,2,10H2,1H3. The third-order valence-corrected chi connectivity index (χ3v) is 3.82. The van der Waals surface area contributed by atoms with Gasteiger partial charge in [-0.15, -0.1) is 0 Å². The fourth-order valence-corrected chi connectivity index (χ4v) is 2.41. The predicted molar refractivity (Wildman–Crippen MR) is 80.6 cm³/mol. The highest BCUT2D eigenvalue weighted by Crippen LogP contribution is 2.24. The van der Waals surface area contributed by atoms with Gasteiger partial charge in [-0.1, -0.05) is 31.2 Å². The van der Waals surface area contributed by atoms with E-state index in [1.54, 1.807) is 18.2 Å². The molecule has 0 bridgehead atoms. The highest BCUT2D eigenvalue weighted by molar-refractivity contribution is 9.10. The lowest BCUT2D eigenvalue weighted by atomic mass is 9.98. The lowest BCUT2D eigenvalue weighted by molar-refractivity contribution is 0.523. The van der Waals surface area contributed by atoms with Crippen molar-refractivity contribution in [1.82, 2.24) is 5.32 Å². The zero-order valence-corrected chi connectivity index (χ0v) is 12.8. The number of likely N-dealkylation sites (N-methyl/N-ethyl adjacent to an activating group) is 1. The molecule has 2 aromatic rings. The summed E-state index contributed by atoms with van der Waals surface area (Å²) in [7, 11) is 0. The largest absolute Gasteiger partial charge is 0.310 e. The molecule has 20 heavy (non-hydrogen) atoms. The molecule has 0 saturated heterocycles. The summed E-state index contributed by atoms with van der Waals surface area (Å²) < 4.78 is 27.8. The van der Waals surface area contributed by atoms with Crippen LogP contribution in [0.2, 0.25) is 0 Å². The molecule has 106 valence electrons. The molecule has 0 saturated carbocycles. The van der Waals surface area contributed by atoms with Gasteiger partial charge in [-0.3, -0.25) is 0 Å². The van der Waals surface area contributed by atoms with Crippen LogP contribution in [0.4, 0.5) is 8.78 Å². The molecule has 1 atom stereocenters. The Morgan fingerprint density at radius 1 is 1.10 bits per heavy atom. The van der Waals surface area contributed by atoms with E-state index in [1.807, 2.05) is 19.1 Å². The zero-order valence-electron chi connectivity index (χ0n) is 11.2. The third kappa shape index (κ3) is 3.64. The van der Waals surface area contributed by atoms with Gasteiger partial charge in [-0.05, 0) is 58.2 Å². The van der Waals surface area contributed by atoms with E-state index in [-0.39, 0.29) is 17.7 Å². The summed E-state index contributed by atoms with van der Waals surface area (Å²) in [5.74, 6) is -0.535. The van der Waals surface area contributed by atoms with Crippen LogP contribution in [0.1, 0.15) is 24.1 Å². The smallest absolute Gasteiger partial charge is 0.137 e. The Morgan fingerprint density at radius 2 is 1.85 bits per heavy atom. The molecule has 0 aliphatic heterocycles. The molecule has 1 N–H and O–H groups in total. The van der Waals surface area contributed by atoms with Gasteiger partial charge in [0.2, 0.25) is 0 Å². The molecule has 0 aromatic heterocycles. The van der Waals surface area contributed by atoms with Crippen molar-refractivity contribution in [3.8, 4) is 0 Å². The number of halogens is 3. The number of benzene rings is 2. The Kier molecular flexibility index (Phi) is 5.26. The summed E-state index contributed by atoms with van der Waals surface area (Å²) >= 11 is 3.14. The van der Waals surface area contributed by atoms with Crippen molar-refractivity contribution in [1.29, 1.82) is 0 Å². The molecular formula is C16H16BrF2N. The van der Waals surface area contributed by atoms with Crippen LogP contribution in [-0.2, 0) is 6.42 Å². The van der Waals surface area contributed by atoms with E-state index < -0.39 is 0 Å². The SMILES string of the molecule is CCNC(Cc1ccccc1F)c1ccc(Br)c(F)c1. The third-order valence-electron chi connectivity index (χ3n) is 3.18. The molecule has 0 aliphatic rings. The van der Waals surface area contributed by atoms with Gasteiger partial charge < -0.3 is 5.32 Å². The minimum absolute atomic E-state index is 0.112. The molecule has 0 radical (unpaired) electrons. The first-order chi connectivity index (χ1) is 9.61. The number of hydrogen-bond donors (Lipinski definition) is 1. The zero-order chi connectivity index (χ0) is 14.5. The summed E-state index contributed by atoms with van der Waals surface area (Å²) in [6, 6.07) is 11.6. The normalized spacial score (nSPS) is 12.4. The van der Waals surface area contributed by atoms with Gasteiger partial charge >= 0.3 is 0 Å². The molecule has 0 spiro atoms. The minimum Gasteiger partial charge on any atom is -0.310 e. The fraction of sp³-hybridized carbons (Fsp3) is 0.250. The summed E-state index contributed by atoms with van der Waals surface area (Å²) in [5, 5.41) is 3.27. The first-order valence-corrected chi connectivity index (χ1v) is 7.33. The van der Waals surface area contributed by atoms with Crippen molar-refractivity contribution in [2.45, 2.75) is 19.4 Å². The second-order valence-corrected chi connectivity index (χ2v) is 5.43. The average Bonchev–Trinajstić information content (AvgIpc) is 2.44. The van der Waals surface area contributed by atoms with Gasteiger partial charge in [0.1, 0.15) is 11.6 Å². The highest BCUT2D eigenvalue weighted by atomic mass is 79.9. The molecule has 0 amide bonds. The topological polar surface area (TPSA) is 12.0 Å². The molecule has 2 aromatic carbocycles. The van der Waals surface area contributed by atoms with Crippen molar-refractivity contribution < 1.29 is 8.78 Å².